The van der Waals surface area contributed by atoms with Gasteiger partial charge in [-0.2, -0.15) is 5.26 Å². The second-order valence-corrected chi connectivity index (χ2v) is 5.90. The molecule has 1 amide bonds. The molecule has 0 saturated carbocycles. The molecular formula is C16H20N2O4. The number of carboxylic acids is 1. The molecule has 0 bridgehead atoms. The summed E-state index contributed by atoms with van der Waals surface area (Å²) in [4.78, 5) is 23.1. The predicted molar refractivity (Wildman–Crippen MR) is 81.6 cm³/mol. The quantitative estimate of drug-likeness (QED) is 0.841. The monoisotopic (exact) mass is 304 g/mol. The number of hydrogen-bond donors (Lipinski definition) is 2. The molecule has 0 aliphatic rings. The molecule has 0 saturated heterocycles. The second kappa shape index (κ2) is 6.94. The highest BCUT2D eigenvalue weighted by Crippen LogP contribution is 2.28. The van der Waals surface area contributed by atoms with Crippen LogP contribution in [0, 0.1) is 16.7 Å². The molecule has 118 valence electrons. The van der Waals surface area contributed by atoms with Gasteiger partial charge in [-0.15, -0.1) is 0 Å². The lowest BCUT2D eigenvalue weighted by Gasteiger charge is -2.19. The maximum absolute atomic E-state index is 12.1. The molecule has 6 heteroatoms. The van der Waals surface area contributed by atoms with E-state index in [0.717, 1.165) is 0 Å². The van der Waals surface area contributed by atoms with Crippen molar-refractivity contribution in [2.75, 3.05) is 5.32 Å². The molecule has 0 spiro atoms. The number of nitrogens with one attached hydrogen (secondary N) is 1. The van der Waals surface area contributed by atoms with Gasteiger partial charge in [0.05, 0.1) is 28.8 Å². The fourth-order valence-electron chi connectivity index (χ4n) is 1.73. The number of rotatable bonds is 6. The van der Waals surface area contributed by atoms with E-state index in [2.05, 4.69) is 5.32 Å². The number of carboxylic acid groups (broad SMARTS) is 1. The Hall–Kier alpha value is -2.55. The zero-order valence-corrected chi connectivity index (χ0v) is 13.1. The summed E-state index contributed by atoms with van der Waals surface area (Å²) in [6, 6.07) is 6.69. The number of benzene rings is 1. The van der Waals surface area contributed by atoms with E-state index < -0.39 is 17.3 Å². The molecule has 6 nitrogen and oxygen atoms in total. The summed E-state index contributed by atoms with van der Waals surface area (Å²) in [7, 11) is 0. The Bertz CT molecular complexity index is 615. The van der Waals surface area contributed by atoms with Crippen LogP contribution in [0.25, 0.3) is 0 Å². The molecule has 2 N–H and O–H groups in total. The summed E-state index contributed by atoms with van der Waals surface area (Å²) < 4.78 is 5.58. The molecule has 0 radical (unpaired) electrons. The zero-order valence-electron chi connectivity index (χ0n) is 13.1. The molecule has 0 atom stereocenters. The Morgan fingerprint density at radius 3 is 2.55 bits per heavy atom. The third kappa shape index (κ3) is 4.77. The van der Waals surface area contributed by atoms with Crippen LogP contribution in [-0.4, -0.2) is 23.1 Å². The highest BCUT2D eigenvalue weighted by molar-refractivity contribution is 5.95. The zero-order chi connectivity index (χ0) is 16.9. The molecule has 0 heterocycles. The first-order valence-corrected chi connectivity index (χ1v) is 6.90. The summed E-state index contributed by atoms with van der Waals surface area (Å²) in [6.45, 7) is 6.65. The second-order valence-electron chi connectivity index (χ2n) is 5.90. The minimum atomic E-state index is -1.17. The van der Waals surface area contributed by atoms with E-state index in [-0.39, 0.29) is 12.5 Å². The predicted octanol–water partition coefficient (Wildman–Crippen LogP) is 2.78. The molecule has 0 aliphatic carbocycles. The Morgan fingerprint density at radius 1 is 1.41 bits per heavy atom. The molecule has 22 heavy (non-hydrogen) atoms. The molecule has 1 aromatic carbocycles. The van der Waals surface area contributed by atoms with Gasteiger partial charge in [0.2, 0.25) is 5.91 Å². The average molecular weight is 304 g/mol. The van der Waals surface area contributed by atoms with Gasteiger partial charge in [0, 0.05) is 6.42 Å². The number of carbonyl (C=O) groups is 2. The van der Waals surface area contributed by atoms with Gasteiger partial charge >= 0.3 is 5.97 Å². The highest BCUT2D eigenvalue weighted by atomic mass is 16.5. The number of ether oxygens (including phenoxy) is 1. The third-order valence-corrected chi connectivity index (χ3v) is 2.93. The van der Waals surface area contributed by atoms with Gasteiger partial charge in [0.25, 0.3) is 0 Å². The third-order valence-electron chi connectivity index (χ3n) is 2.93. The van der Waals surface area contributed by atoms with Crippen LogP contribution in [0.15, 0.2) is 18.2 Å². The van der Waals surface area contributed by atoms with Gasteiger partial charge in [-0.05, 0) is 45.9 Å². The number of anilines is 1. The standard InChI is InChI=1S/C16H20N2O4/c1-10(2)22-13-6-5-11(9-17)7-12(13)18-14(19)8-16(3,4)15(20)21/h5-7,10H,8H2,1-4H3,(H,18,19)(H,20,21). The van der Waals surface area contributed by atoms with Crippen LogP contribution in [0.2, 0.25) is 0 Å². The lowest BCUT2D eigenvalue weighted by molar-refractivity contribution is -0.148. The Morgan fingerprint density at radius 2 is 2.05 bits per heavy atom. The summed E-state index contributed by atoms with van der Waals surface area (Å²) >= 11 is 0. The molecule has 0 unspecified atom stereocenters. The van der Waals surface area contributed by atoms with Crippen molar-refractivity contribution in [3.63, 3.8) is 0 Å². The van der Waals surface area contributed by atoms with Crippen molar-refractivity contribution in [2.24, 2.45) is 5.41 Å². The molecule has 0 fully saturated rings. The summed E-state index contributed by atoms with van der Waals surface area (Å²) in [5, 5.41) is 20.6. The summed E-state index contributed by atoms with van der Waals surface area (Å²) in [5.41, 5.74) is -0.432. The number of amides is 1. The first kappa shape index (κ1) is 17.5. The minimum absolute atomic E-state index is 0.0981. The van der Waals surface area contributed by atoms with Crippen molar-refractivity contribution in [1.82, 2.24) is 0 Å². The number of carbonyl (C=O) groups excluding carboxylic acids is 1. The topological polar surface area (TPSA) is 99.4 Å². The van der Waals surface area contributed by atoms with Crippen molar-refractivity contribution in [2.45, 2.75) is 40.2 Å². The lowest BCUT2D eigenvalue weighted by atomic mass is 9.89. The lowest BCUT2D eigenvalue weighted by Crippen LogP contribution is -2.29. The molecule has 1 aromatic rings. The van der Waals surface area contributed by atoms with Crippen molar-refractivity contribution in [3.8, 4) is 11.8 Å². The van der Waals surface area contributed by atoms with Crippen LogP contribution in [0.1, 0.15) is 39.7 Å². The van der Waals surface area contributed by atoms with E-state index in [4.69, 9.17) is 15.1 Å². The first-order chi connectivity index (χ1) is 10.2. The van der Waals surface area contributed by atoms with Gasteiger partial charge in [-0.1, -0.05) is 0 Å². The van der Waals surface area contributed by atoms with E-state index in [1.54, 1.807) is 12.1 Å². The molecular weight excluding hydrogens is 284 g/mol. The van der Waals surface area contributed by atoms with Gasteiger partial charge in [-0.3, -0.25) is 9.59 Å². The molecule has 1 rings (SSSR count). The smallest absolute Gasteiger partial charge is 0.309 e. The van der Waals surface area contributed by atoms with E-state index in [0.29, 0.717) is 17.0 Å². The number of aliphatic carboxylic acids is 1. The van der Waals surface area contributed by atoms with Crippen molar-refractivity contribution < 1.29 is 19.4 Å². The summed E-state index contributed by atoms with van der Waals surface area (Å²) in [5.74, 6) is -1.06. The minimum Gasteiger partial charge on any atom is -0.489 e. The number of nitriles is 1. The first-order valence-electron chi connectivity index (χ1n) is 6.90. The van der Waals surface area contributed by atoms with Crippen LogP contribution in [0.5, 0.6) is 5.75 Å². The van der Waals surface area contributed by atoms with Crippen molar-refractivity contribution >= 4 is 17.6 Å². The van der Waals surface area contributed by atoms with Crippen LogP contribution >= 0.6 is 0 Å². The van der Waals surface area contributed by atoms with Crippen LogP contribution < -0.4 is 10.1 Å². The molecule has 0 aliphatic heterocycles. The normalized spacial score (nSPS) is 10.9. The summed E-state index contributed by atoms with van der Waals surface area (Å²) in [6.07, 6.45) is -0.278. The number of hydrogen-bond acceptors (Lipinski definition) is 4. The Labute approximate surface area is 129 Å². The fourth-order valence-corrected chi connectivity index (χ4v) is 1.73. The number of nitrogens with zero attached hydrogens (tertiary/aromatic N) is 1. The Kier molecular flexibility index (Phi) is 5.52. The van der Waals surface area contributed by atoms with E-state index >= 15 is 0 Å². The maximum atomic E-state index is 12.1. The van der Waals surface area contributed by atoms with Gasteiger partial charge in [0.1, 0.15) is 5.75 Å². The largest absolute Gasteiger partial charge is 0.489 e. The average Bonchev–Trinajstić information content (AvgIpc) is 2.39. The Balaban J connectivity index is 2.98. The van der Waals surface area contributed by atoms with E-state index in [1.165, 1.54) is 19.9 Å². The van der Waals surface area contributed by atoms with E-state index in [9.17, 15) is 9.59 Å². The van der Waals surface area contributed by atoms with Crippen LogP contribution in [-0.2, 0) is 9.59 Å². The van der Waals surface area contributed by atoms with Crippen molar-refractivity contribution in [3.05, 3.63) is 23.8 Å². The van der Waals surface area contributed by atoms with E-state index in [1.807, 2.05) is 19.9 Å². The fraction of sp³-hybridized carbons (Fsp3) is 0.438. The highest BCUT2D eigenvalue weighted by Gasteiger charge is 2.30. The van der Waals surface area contributed by atoms with Crippen LogP contribution in [0.4, 0.5) is 5.69 Å². The van der Waals surface area contributed by atoms with Gasteiger partial charge in [-0.25, -0.2) is 0 Å². The molecule has 0 aromatic heterocycles. The SMILES string of the molecule is CC(C)Oc1ccc(C#N)cc1NC(=O)CC(C)(C)C(=O)O. The van der Waals surface area contributed by atoms with Gasteiger partial charge in [0.15, 0.2) is 0 Å². The van der Waals surface area contributed by atoms with Crippen molar-refractivity contribution in [1.29, 1.82) is 5.26 Å². The van der Waals surface area contributed by atoms with Crippen LogP contribution in [0.3, 0.4) is 0 Å². The van der Waals surface area contributed by atoms with Gasteiger partial charge < -0.3 is 15.2 Å². The maximum Gasteiger partial charge on any atom is 0.309 e.